The van der Waals surface area contributed by atoms with Crippen molar-refractivity contribution in [2.24, 2.45) is 0 Å². The van der Waals surface area contributed by atoms with Gasteiger partial charge in [0, 0.05) is 50.8 Å². The minimum atomic E-state index is 0.0876. The number of thioether (sulfide) groups is 8. The predicted octanol–water partition coefficient (Wildman–Crippen LogP) is 7.78. The fourth-order valence-corrected chi connectivity index (χ4v) is 14.7. The lowest BCUT2D eigenvalue weighted by molar-refractivity contribution is -0.107. The summed E-state index contributed by atoms with van der Waals surface area (Å²) >= 11 is 15.0. The molecule has 0 spiro atoms. The van der Waals surface area contributed by atoms with E-state index >= 15 is 0 Å². The second kappa shape index (κ2) is 17.4. The Kier molecular flexibility index (Phi) is 15.1. The number of carbonyl (C=O) groups excluding carboxylic acids is 2. The third-order valence-corrected chi connectivity index (χ3v) is 16.8. The monoisotopic (exact) mass is 620 g/mol. The van der Waals surface area contributed by atoms with Crippen molar-refractivity contribution in [3.8, 4) is 0 Å². The van der Waals surface area contributed by atoms with Gasteiger partial charge in [0.05, 0.1) is 9.16 Å². The van der Waals surface area contributed by atoms with E-state index in [1.165, 1.54) is 59.0 Å². The quantitative estimate of drug-likeness (QED) is 0.143. The van der Waals surface area contributed by atoms with Gasteiger partial charge in [0.2, 0.25) is 10.2 Å². The first-order valence-corrected chi connectivity index (χ1v) is 19.7. The van der Waals surface area contributed by atoms with Crippen LogP contribution in [0.25, 0.3) is 0 Å². The molecule has 2 heterocycles. The molecule has 0 saturated carbocycles. The molecule has 10 heteroatoms. The second-order valence-electron chi connectivity index (χ2n) is 7.88. The normalized spacial score (nSPS) is 23.9. The predicted molar refractivity (Wildman–Crippen MR) is 174 cm³/mol. The summed E-state index contributed by atoms with van der Waals surface area (Å²) in [4.78, 5) is 22.8. The molecule has 2 aliphatic heterocycles. The molecule has 0 aliphatic carbocycles. The average Bonchev–Trinajstić information content (AvgIpc) is 3.54. The summed E-state index contributed by atoms with van der Waals surface area (Å²) in [6, 6.07) is 9.14. The van der Waals surface area contributed by atoms with Crippen LogP contribution in [0.4, 0.5) is 0 Å². The van der Waals surface area contributed by atoms with E-state index in [9.17, 15) is 9.59 Å². The Morgan fingerprint density at radius 2 is 1.31 bits per heavy atom. The molecule has 4 atom stereocenters. The zero-order valence-electron chi connectivity index (χ0n) is 19.6. The lowest BCUT2D eigenvalue weighted by Crippen LogP contribution is -2.07. The topological polar surface area (TPSA) is 34.1 Å². The van der Waals surface area contributed by atoms with Crippen LogP contribution in [-0.4, -0.2) is 64.4 Å². The van der Waals surface area contributed by atoms with Crippen molar-refractivity contribution in [2.75, 3.05) is 34.5 Å². The van der Waals surface area contributed by atoms with Gasteiger partial charge in [-0.1, -0.05) is 60.9 Å². The lowest BCUT2D eigenvalue weighted by atomic mass is 10.2. The Morgan fingerprint density at radius 3 is 1.89 bits per heavy atom. The molecule has 1 aromatic rings. The molecule has 2 aliphatic rings. The number of benzene rings is 1. The van der Waals surface area contributed by atoms with Crippen molar-refractivity contribution in [3.05, 3.63) is 60.7 Å². The van der Waals surface area contributed by atoms with Gasteiger partial charge >= 0.3 is 0 Å². The van der Waals surface area contributed by atoms with Gasteiger partial charge in [-0.2, -0.15) is 23.5 Å². The maximum atomic E-state index is 11.4. The summed E-state index contributed by atoms with van der Waals surface area (Å²) in [7, 11) is 0. The molecule has 192 valence electrons. The number of carbonyl (C=O) groups is 2. The highest BCUT2D eigenvalue weighted by Gasteiger charge is 2.27. The molecule has 2 saturated heterocycles. The number of rotatable bonds is 15. The molecular weight excluding hydrogens is 589 g/mol. The van der Waals surface area contributed by atoms with Crippen LogP contribution < -0.4 is 0 Å². The van der Waals surface area contributed by atoms with Gasteiger partial charge in [-0.05, 0) is 35.5 Å². The third kappa shape index (κ3) is 12.1. The summed E-state index contributed by atoms with van der Waals surface area (Å²) < 4.78 is 1.31. The van der Waals surface area contributed by atoms with Crippen LogP contribution in [0, 0.1) is 0 Å². The van der Waals surface area contributed by atoms with E-state index in [1.807, 2.05) is 47.0 Å². The van der Waals surface area contributed by atoms with Gasteiger partial charge in [-0.25, -0.2) is 0 Å². The average molecular weight is 621 g/mol. The number of hydrogen-bond acceptors (Lipinski definition) is 10. The Balaban J connectivity index is 1.22. The van der Waals surface area contributed by atoms with Crippen LogP contribution in [0.15, 0.2) is 49.6 Å². The van der Waals surface area contributed by atoms with Crippen molar-refractivity contribution in [3.63, 3.8) is 0 Å². The van der Waals surface area contributed by atoms with Crippen LogP contribution in [0.2, 0.25) is 0 Å². The van der Waals surface area contributed by atoms with Gasteiger partial charge < -0.3 is 0 Å². The van der Waals surface area contributed by atoms with Crippen molar-refractivity contribution in [2.45, 2.75) is 37.6 Å². The van der Waals surface area contributed by atoms with E-state index in [0.717, 1.165) is 40.3 Å². The standard InChI is InChI=1S/C25H32O2S8/c1-3-22(26)30-13-20-15-32-24(34-20)9-10-28-11-18-5-7-19(8-6-18)12-29-17-25-33-16-21(35-25)14-31-23(27)4-2/h3-8,20-21,24-25H,1-2,9-17H2. The van der Waals surface area contributed by atoms with Gasteiger partial charge in [-0.15, -0.1) is 47.0 Å². The molecule has 2 nitrogen and oxygen atoms in total. The first-order chi connectivity index (χ1) is 17.1. The highest BCUT2D eigenvalue weighted by atomic mass is 32.2. The van der Waals surface area contributed by atoms with Gasteiger partial charge in [0.1, 0.15) is 0 Å². The highest BCUT2D eigenvalue weighted by Crippen LogP contribution is 2.42. The first-order valence-electron chi connectivity index (χ1n) is 11.4. The Bertz CT molecular complexity index is 831. The highest BCUT2D eigenvalue weighted by molar-refractivity contribution is 8.22. The van der Waals surface area contributed by atoms with Crippen LogP contribution in [0.1, 0.15) is 17.5 Å². The maximum Gasteiger partial charge on any atom is 0.211 e. The molecule has 0 radical (unpaired) electrons. The molecule has 1 aromatic carbocycles. The molecule has 3 rings (SSSR count). The minimum absolute atomic E-state index is 0.0876. The molecule has 0 amide bonds. The van der Waals surface area contributed by atoms with Crippen LogP contribution in [0.3, 0.4) is 0 Å². The molecule has 0 bridgehead atoms. The summed E-state index contributed by atoms with van der Waals surface area (Å²) in [5, 5.41) is 1.35. The molecule has 35 heavy (non-hydrogen) atoms. The van der Waals surface area contributed by atoms with Gasteiger partial charge in [0.25, 0.3) is 0 Å². The van der Waals surface area contributed by atoms with E-state index in [0.29, 0.717) is 19.7 Å². The van der Waals surface area contributed by atoms with Crippen molar-refractivity contribution in [1.82, 2.24) is 0 Å². The van der Waals surface area contributed by atoms with E-state index < -0.39 is 0 Å². The molecule has 0 N–H and O–H groups in total. The maximum absolute atomic E-state index is 11.4. The molecule has 0 aromatic heterocycles. The van der Waals surface area contributed by atoms with Crippen LogP contribution >= 0.6 is 94.1 Å². The largest absolute Gasteiger partial charge is 0.282 e. The SMILES string of the molecule is C=CC(=O)SCC1CSC(CCSCc2ccc(CSCC3SCC(CSC(=O)C=C)S3)cc2)S1. The first kappa shape index (κ1) is 30.4. The van der Waals surface area contributed by atoms with Crippen molar-refractivity contribution < 1.29 is 9.59 Å². The fraction of sp³-hybridized carbons (Fsp3) is 0.520. The summed E-state index contributed by atoms with van der Waals surface area (Å²) in [6.07, 6.45) is 4.06. The van der Waals surface area contributed by atoms with E-state index in [1.54, 1.807) is 0 Å². The second-order valence-corrected chi connectivity index (χ2v) is 18.2. The molecule has 4 unspecified atom stereocenters. The zero-order valence-corrected chi connectivity index (χ0v) is 26.2. The number of hydrogen-bond donors (Lipinski definition) is 0. The lowest BCUT2D eigenvalue weighted by Gasteiger charge is -2.10. The third-order valence-electron chi connectivity index (χ3n) is 5.09. The van der Waals surface area contributed by atoms with Crippen molar-refractivity contribution in [1.29, 1.82) is 0 Å². The Labute approximate surface area is 244 Å². The van der Waals surface area contributed by atoms with Gasteiger partial charge in [0.15, 0.2) is 0 Å². The van der Waals surface area contributed by atoms with Crippen molar-refractivity contribution >= 4 is 104 Å². The Morgan fingerprint density at radius 1 is 0.800 bits per heavy atom. The van der Waals surface area contributed by atoms with Crippen LogP contribution in [0.5, 0.6) is 0 Å². The van der Waals surface area contributed by atoms with Gasteiger partial charge in [-0.3, -0.25) is 9.59 Å². The summed E-state index contributed by atoms with van der Waals surface area (Å²) in [5.74, 6) is 8.60. The minimum Gasteiger partial charge on any atom is -0.282 e. The summed E-state index contributed by atoms with van der Waals surface area (Å²) in [5.41, 5.74) is 2.81. The summed E-state index contributed by atoms with van der Waals surface area (Å²) in [6.45, 7) is 7.09. The Hall–Kier alpha value is 0.840. The van der Waals surface area contributed by atoms with E-state index in [2.05, 4.69) is 60.9 Å². The molecule has 2 fully saturated rings. The molecular formula is C25H32O2S8. The van der Waals surface area contributed by atoms with Crippen LogP contribution in [-0.2, 0) is 21.1 Å². The smallest absolute Gasteiger partial charge is 0.211 e. The van der Waals surface area contributed by atoms with E-state index in [-0.39, 0.29) is 10.2 Å². The fourth-order valence-electron chi connectivity index (χ4n) is 3.27. The zero-order chi connectivity index (χ0) is 24.9. The van der Waals surface area contributed by atoms with E-state index in [4.69, 9.17) is 0 Å².